The molecule has 0 amide bonds. The fraction of sp³-hybridized carbons (Fsp3) is 0.524. The minimum atomic E-state index is 0. The first-order valence-electron chi connectivity index (χ1n) is 17.2. The Labute approximate surface area is 296 Å². The highest BCUT2D eigenvalue weighted by atomic mass is 79.9. The maximum Gasteiger partial charge on any atom is 0.104 e. The van der Waals surface area contributed by atoms with Gasteiger partial charge in [0.1, 0.15) is 6.54 Å². The number of rotatable bonds is 17. The maximum absolute atomic E-state index is 3.65. The summed E-state index contributed by atoms with van der Waals surface area (Å²) in [5, 5.41) is 0.906. The van der Waals surface area contributed by atoms with Crippen LogP contribution in [-0.2, 0) is 11.9 Å². The second kappa shape index (κ2) is 19.2. The fourth-order valence-electron chi connectivity index (χ4n) is 6.68. The molecule has 0 saturated heterocycles. The lowest BCUT2D eigenvalue weighted by Crippen LogP contribution is -3.00. The van der Waals surface area contributed by atoms with Crippen LogP contribution in [-0.4, -0.2) is 25.1 Å². The highest BCUT2D eigenvalue weighted by molar-refractivity contribution is 9.08. The van der Waals surface area contributed by atoms with Crippen molar-refractivity contribution < 1.29 is 21.5 Å². The summed E-state index contributed by atoms with van der Waals surface area (Å²) in [5.74, 6) is 1.59. The van der Waals surface area contributed by atoms with Crippen LogP contribution in [0.25, 0.3) is 0 Å². The average molecular weight is 740 g/mol. The monoisotopic (exact) mass is 737 g/mol. The number of hydrogen-bond donors (Lipinski definition) is 0. The molecule has 0 fully saturated rings. The molecule has 3 rings (SSSR count). The highest BCUT2D eigenvalue weighted by Crippen LogP contribution is 2.43. The Morgan fingerprint density at radius 3 is 1.71 bits per heavy atom. The van der Waals surface area contributed by atoms with Crippen molar-refractivity contribution in [3.8, 4) is 0 Å². The second-order valence-electron chi connectivity index (χ2n) is 15.1. The predicted octanol–water partition coefficient (Wildman–Crippen LogP) is 9.49. The Hall–Kier alpha value is -1.68. The van der Waals surface area contributed by atoms with Gasteiger partial charge in [0.15, 0.2) is 0 Å². The number of unbranched alkanes of at least 4 members (excludes halogenated alkanes) is 1. The fourth-order valence-corrected chi connectivity index (χ4v) is 7.06. The molecular weight excluding hydrogens is 678 g/mol. The first-order chi connectivity index (χ1) is 20.9. The summed E-state index contributed by atoms with van der Waals surface area (Å²) in [6.07, 6.45) is 13.0. The number of allylic oxidation sites excluding steroid dienone is 1. The lowest BCUT2D eigenvalue weighted by molar-refractivity contribution is -0.903. The van der Waals surface area contributed by atoms with Crippen LogP contribution >= 0.6 is 15.9 Å². The van der Waals surface area contributed by atoms with E-state index in [0.717, 1.165) is 22.8 Å². The molecule has 248 valence electrons. The molecule has 3 unspecified atom stereocenters. The van der Waals surface area contributed by atoms with Gasteiger partial charge in [0.25, 0.3) is 0 Å². The Morgan fingerprint density at radius 2 is 1.18 bits per heavy atom. The third kappa shape index (κ3) is 13.9. The summed E-state index contributed by atoms with van der Waals surface area (Å²) in [6.45, 7) is 16.3. The molecule has 3 aromatic rings. The van der Waals surface area contributed by atoms with Crippen molar-refractivity contribution in [2.45, 2.75) is 116 Å². The lowest BCUT2D eigenvalue weighted by Gasteiger charge is -2.32. The van der Waals surface area contributed by atoms with Crippen LogP contribution in [0.5, 0.6) is 0 Å². The summed E-state index contributed by atoms with van der Waals surface area (Å²) in [4.78, 5) is 0. The van der Waals surface area contributed by atoms with Crippen LogP contribution in [0.4, 0.5) is 0 Å². The van der Waals surface area contributed by atoms with Crippen molar-refractivity contribution in [3.63, 3.8) is 0 Å². The number of nitrogens with zero attached hydrogens (tertiary/aromatic N) is 1. The minimum absolute atomic E-state index is 0. The number of quaternary nitrogens is 1. The van der Waals surface area contributed by atoms with E-state index >= 15 is 0 Å². The van der Waals surface area contributed by atoms with Crippen LogP contribution in [0.15, 0.2) is 84.9 Å². The molecule has 0 aliphatic rings. The molecule has 0 spiro atoms. The number of aryl methyl sites for hydroxylation is 1. The molecule has 0 bridgehead atoms. The molecule has 3 aromatic carbocycles. The van der Waals surface area contributed by atoms with Gasteiger partial charge in [-0.15, -0.1) is 0 Å². The van der Waals surface area contributed by atoms with Gasteiger partial charge >= 0.3 is 0 Å². The first-order valence-corrected chi connectivity index (χ1v) is 18.3. The van der Waals surface area contributed by atoms with Gasteiger partial charge in [0, 0.05) is 17.3 Å². The quantitative estimate of drug-likeness (QED) is 0.0736. The topological polar surface area (TPSA) is 0 Å². The van der Waals surface area contributed by atoms with Gasteiger partial charge in [-0.3, -0.25) is 0 Å². The lowest BCUT2D eigenvalue weighted by atomic mass is 9.73. The normalized spacial score (nSPS) is 14.2. The minimum Gasteiger partial charge on any atom is -1.00 e. The van der Waals surface area contributed by atoms with Crippen molar-refractivity contribution in [2.75, 3.05) is 20.6 Å². The maximum atomic E-state index is 3.65. The zero-order valence-electron chi connectivity index (χ0n) is 29.6. The summed E-state index contributed by atoms with van der Waals surface area (Å²) in [5.41, 5.74) is 8.86. The van der Waals surface area contributed by atoms with Gasteiger partial charge < -0.3 is 21.5 Å². The van der Waals surface area contributed by atoms with Crippen LogP contribution in [0.1, 0.15) is 131 Å². The van der Waals surface area contributed by atoms with E-state index in [2.05, 4.69) is 157 Å². The molecule has 0 heterocycles. The molecule has 1 nitrogen and oxygen atoms in total. The van der Waals surface area contributed by atoms with Crippen molar-refractivity contribution in [2.24, 2.45) is 5.41 Å². The zero-order valence-corrected chi connectivity index (χ0v) is 32.8. The van der Waals surface area contributed by atoms with Crippen LogP contribution in [0.3, 0.4) is 0 Å². The third-order valence-corrected chi connectivity index (χ3v) is 9.88. The van der Waals surface area contributed by atoms with E-state index in [9.17, 15) is 0 Å². The number of hydrogen-bond acceptors (Lipinski definition) is 0. The smallest absolute Gasteiger partial charge is 0.104 e. The number of alkyl halides is 1. The molecule has 0 radical (unpaired) electrons. The van der Waals surface area contributed by atoms with Crippen molar-refractivity contribution >= 4 is 15.9 Å². The van der Waals surface area contributed by atoms with Gasteiger partial charge in [-0.05, 0) is 84.5 Å². The molecule has 0 aliphatic heterocycles. The van der Waals surface area contributed by atoms with E-state index in [1.54, 1.807) is 0 Å². The van der Waals surface area contributed by atoms with E-state index in [4.69, 9.17) is 0 Å². The molecule has 0 saturated carbocycles. The van der Waals surface area contributed by atoms with E-state index in [1.165, 1.54) is 78.5 Å². The van der Waals surface area contributed by atoms with Crippen molar-refractivity contribution in [1.29, 1.82) is 0 Å². The van der Waals surface area contributed by atoms with E-state index < -0.39 is 0 Å². The Bertz CT molecular complexity index is 1250. The van der Waals surface area contributed by atoms with Crippen molar-refractivity contribution in [1.82, 2.24) is 0 Å². The average Bonchev–Trinajstić information content (AvgIpc) is 2.99. The Balaban J connectivity index is 0.00000705. The summed E-state index contributed by atoms with van der Waals surface area (Å²) in [6, 6.07) is 28.5. The number of halogens is 2. The zero-order chi connectivity index (χ0) is 32.2. The second-order valence-corrected chi connectivity index (χ2v) is 15.7. The van der Waals surface area contributed by atoms with Gasteiger partial charge in [-0.2, -0.15) is 0 Å². The molecule has 0 N–H and O–H groups in total. The van der Waals surface area contributed by atoms with E-state index in [-0.39, 0.29) is 22.4 Å². The standard InChI is InChI=1S/C42H61BrN.BrH/c1-9-11-12-13-14-27-44(7,8)32-35-19-25-39(26-20-35)41(30-42(4,5)6)29-40(38-23-17-34(31-43)18-24-38)28-36(10-2)37-21-15-33(3)16-22-37;/h12-13,15-26,36,40-41H,9-11,14,27-32H2,1-8H3;1H/q+1;/p-1/b13-12+;. The SMILES string of the molecule is CCC/C=C/CC[N+](C)(C)Cc1ccc(C(CC(CC(CC)c2ccc(C)cc2)c2ccc(CBr)cc2)CC(C)(C)C)cc1.[Br-]. The first kappa shape index (κ1) is 39.5. The summed E-state index contributed by atoms with van der Waals surface area (Å²) < 4.78 is 1.02. The number of benzene rings is 3. The van der Waals surface area contributed by atoms with Crippen LogP contribution in [0, 0.1) is 12.3 Å². The van der Waals surface area contributed by atoms with Gasteiger partial charge in [-0.25, -0.2) is 0 Å². The molecule has 3 heteroatoms. The van der Waals surface area contributed by atoms with Crippen molar-refractivity contribution in [3.05, 3.63) is 118 Å². The van der Waals surface area contributed by atoms with Crippen LogP contribution in [0.2, 0.25) is 0 Å². The third-order valence-electron chi connectivity index (χ3n) is 9.23. The van der Waals surface area contributed by atoms with E-state index in [1.807, 2.05) is 0 Å². The molecular formula is C42H61Br2N. The molecule has 0 aromatic heterocycles. The molecule has 0 aliphatic carbocycles. The summed E-state index contributed by atoms with van der Waals surface area (Å²) in [7, 11) is 4.74. The molecule has 3 atom stereocenters. The molecule has 45 heavy (non-hydrogen) atoms. The predicted molar refractivity (Wildman–Crippen MR) is 198 cm³/mol. The van der Waals surface area contributed by atoms with Crippen LogP contribution < -0.4 is 17.0 Å². The summed E-state index contributed by atoms with van der Waals surface area (Å²) >= 11 is 3.65. The van der Waals surface area contributed by atoms with Gasteiger partial charge in [-0.1, -0.05) is 147 Å². The van der Waals surface area contributed by atoms with Gasteiger partial charge in [0.05, 0.1) is 20.6 Å². The Kier molecular flexibility index (Phi) is 16.9. The highest BCUT2D eigenvalue weighted by Gasteiger charge is 2.27. The van der Waals surface area contributed by atoms with Gasteiger partial charge in [0.2, 0.25) is 0 Å². The van der Waals surface area contributed by atoms with E-state index in [0.29, 0.717) is 17.8 Å². The Morgan fingerprint density at radius 1 is 0.689 bits per heavy atom. The largest absolute Gasteiger partial charge is 1.00 e.